The van der Waals surface area contributed by atoms with Crippen LogP contribution >= 0.6 is 0 Å². The van der Waals surface area contributed by atoms with Crippen LogP contribution in [0, 0.1) is 13.8 Å². The summed E-state index contributed by atoms with van der Waals surface area (Å²) >= 11 is 0. The maximum absolute atomic E-state index is 10.8. The van der Waals surface area contributed by atoms with Gasteiger partial charge < -0.3 is 9.84 Å². The van der Waals surface area contributed by atoms with Crippen molar-refractivity contribution in [1.29, 1.82) is 0 Å². The molecule has 0 saturated heterocycles. The number of aromatic nitrogens is 2. The molecule has 1 heterocycles. The van der Waals surface area contributed by atoms with Crippen molar-refractivity contribution in [3.63, 3.8) is 0 Å². The standard InChI is InChI=1S/C14H16N2O3/c1-9-5-4-6-13(10(9)2)19-8-11-7-12(14(17)18)15-16(11)3/h4-7H,8H2,1-3H3,(H,17,18). The normalized spacial score (nSPS) is 10.5. The summed E-state index contributed by atoms with van der Waals surface area (Å²) in [5.74, 6) is -0.230. The molecule has 1 N–H and O–H groups in total. The van der Waals surface area contributed by atoms with Gasteiger partial charge in [-0.15, -0.1) is 0 Å². The highest BCUT2D eigenvalue weighted by molar-refractivity contribution is 5.85. The van der Waals surface area contributed by atoms with Crippen LogP contribution in [0.25, 0.3) is 0 Å². The smallest absolute Gasteiger partial charge is 0.356 e. The molecular formula is C14H16N2O3. The summed E-state index contributed by atoms with van der Waals surface area (Å²) in [4.78, 5) is 10.8. The summed E-state index contributed by atoms with van der Waals surface area (Å²) < 4.78 is 7.25. The first-order chi connectivity index (χ1) is 8.99. The number of nitrogens with zero attached hydrogens (tertiary/aromatic N) is 2. The van der Waals surface area contributed by atoms with Gasteiger partial charge in [0.05, 0.1) is 5.69 Å². The molecule has 5 heteroatoms. The SMILES string of the molecule is Cc1cccc(OCc2cc(C(=O)O)nn2C)c1C. The lowest BCUT2D eigenvalue weighted by Gasteiger charge is -2.10. The Kier molecular flexibility index (Phi) is 3.55. The average Bonchev–Trinajstić information content (AvgIpc) is 2.73. The van der Waals surface area contributed by atoms with E-state index in [2.05, 4.69) is 5.10 Å². The van der Waals surface area contributed by atoms with Gasteiger partial charge in [0.1, 0.15) is 12.4 Å². The molecule has 0 radical (unpaired) electrons. The second kappa shape index (κ2) is 5.14. The van der Waals surface area contributed by atoms with E-state index >= 15 is 0 Å². The van der Waals surface area contributed by atoms with Gasteiger partial charge in [0.15, 0.2) is 5.69 Å². The van der Waals surface area contributed by atoms with Crippen LogP contribution in [0.2, 0.25) is 0 Å². The Morgan fingerprint density at radius 3 is 2.79 bits per heavy atom. The lowest BCUT2D eigenvalue weighted by atomic mass is 10.1. The number of aryl methyl sites for hydroxylation is 2. The highest BCUT2D eigenvalue weighted by Crippen LogP contribution is 2.21. The Hall–Kier alpha value is -2.30. The number of hydrogen-bond acceptors (Lipinski definition) is 3. The summed E-state index contributed by atoms with van der Waals surface area (Å²) in [7, 11) is 1.70. The van der Waals surface area contributed by atoms with E-state index in [0.717, 1.165) is 22.6 Å². The summed E-state index contributed by atoms with van der Waals surface area (Å²) in [6.45, 7) is 4.31. The van der Waals surface area contributed by atoms with E-state index < -0.39 is 5.97 Å². The van der Waals surface area contributed by atoms with Crippen molar-refractivity contribution in [2.45, 2.75) is 20.5 Å². The minimum absolute atomic E-state index is 0.0297. The van der Waals surface area contributed by atoms with Crippen LogP contribution in [0.5, 0.6) is 5.75 Å². The molecule has 2 aromatic rings. The van der Waals surface area contributed by atoms with Gasteiger partial charge in [-0.3, -0.25) is 4.68 Å². The Bertz CT molecular complexity index is 617. The second-order valence-corrected chi connectivity index (χ2v) is 4.44. The molecule has 5 nitrogen and oxygen atoms in total. The van der Waals surface area contributed by atoms with E-state index in [1.807, 2.05) is 32.0 Å². The summed E-state index contributed by atoms with van der Waals surface area (Å²) in [5.41, 5.74) is 3.00. The van der Waals surface area contributed by atoms with Crippen molar-refractivity contribution in [3.8, 4) is 5.75 Å². The Morgan fingerprint density at radius 1 is 1.42 bits per heavy atom. The molecule has 0 amide bonds. The molecule has 0 fully saturated rings. The van der Waals surface area contributed by atoms with E-state index in [9.17, 15) is 4.79 Å². The molecule has 0 aliphatic rings. The van der Waals surface area contributed by atoms with Gasteiger partial charge in [-0.25, -0.2) is 4.79 Å². The third-order valence-electron chi connectivity index (χ3n) is 3.13. The van der Waals surface area contributed by atoms with Crippen molar-refractivity contribution in [2.24, 2.45) is 7.05 Å². The summed E-state index contributed by atoms with van der Waals surface area (Å²) in [6, 6.07) is 7.38. The van der Waals surface area contributed by atoms with Crippen molar-refractivity contribution in [1.82, 2.24) is 9.78 Å². The Labute approximate surface area is 111 Å². The fourth-order valence-electron chi connectivity index (χ4n) is 1.78. The highest BCUT2D eigenvalue weighted by Gasteiger charge is 2.12. The largest absolute Gasteiger partial charge is 0.487 e. The Balaban J connectivity index is 2.14. The number of ether oxygens (including phenoxy) is 1. The third kappa shape index (κ3) is 2.76. The zero-order valence-corrected chi connectivity index (χ0v) is 11.2. The fourth-order valence-corrected chi connectivity index (χ4v) is 1.78. The molecule has 0 spiro atoms. The minimum atomic E-state index is -1.03. The lowest BCUT2D eigenvalue weighted by molar-refractivity contribution is 0.0689. The van der Waals surface area contributed by atoms with E-state index in [-0.39, 0.29) is 5.69 Å². The first-order valence-electron chi connectivity index (χ1n) is 5.94. The topological polar surface area (TPSA) is 64.3 Å². The number of carboxylic acid groups (broad SMARTS) is 1. The maximum Gasteiger partial charge on any atom is 0.356 e. The number of benzene rings is 1. The van der Waals surface area contributed by atoms with Gasteiger partial charge in [0.25, 0.3) is 0 Å². The summed E-state index contributed by atoms with van der Waals surface area (Å²) in [5, 5.41) is 12.8. The monoisotopic (exact) mass is 260 g/mol. The van der Waals surface area contributed by atoms with Gasteiger partial charge >= 0.3 is 5.97 Å². The first kappa shape index (κ1) is 13.1. The molecule has 0 atom stereocenters. The molecule has 19 heavy (non-hydrogen) atoms. The van der Waals surface area contributed by atoms with Crippen molar-refractivity contribution in [3.05, 3.63) is 46.8 Å². The molecular weight excluding hydrogens is 244 g/mol. The summed E-state index contributed by atoms with van der Waals surface area (Å²) in [6.07, 6.45) is 0. The zero-order chi connectivity index (χ0) is 14.0. The predicted molar refractivity (Wildman–Crippen MR) is 70.4 cm³/mol. The fraction of sp³-hybridized carbons (Fsp3) is 0.286. The van der Waals surface area contributed by atoms with Gasteiger partial charge in [-0.2, -0.15) is 5.10 Å². The van der Waals surface area contributed by atoms with E-state index in [4.69, 9.17) is 9.84 Å². The van der Waals surface area contributed by atoms with Crippen LogP contribution in [-0.4, -0.2) is 20.9 Å². The molecule has 0 saturated carbocycles. The molecule has 1 aromatic heterocycles. The molecule has 0 unspecified atom stereocenters. The minimum Gasteiger partial charge on any atom is -0.487 e. The Morgan fingerprint density at radius 2 is 2.16 bits per heavy atom. The molecule has 1 aromatic carbocycles. The average molecular weight is 260 g/mol. The van der Waals surface area contributed by atoms with Crippen molar-refractivity contribution < 1.29 is 14.6 Å². The van der Waals surface area contributed by atoms with Crippen molar-refractivity contribution in [2.75, 3.05) is 0 Å². The lowest BCUT2D eigenvalue weighted by Crippen LogP contribution is -2.04. The van der Waals surface area contributed by atoms with Crippen LogP contribution < -0.4 is 4.74 Å². The van der Waals surface area contributed by atoms with Crippen LogP contribution in [-0.2, 0) is 13.7 Å². The number of hydrogen-bond donors (Lipinski definition) is 1. The molecule has 0 aliphatic carbocycles. The molecule has 0 aliphatic heterocycles. The quantitative estimate of drug-likeness (QED) is 0.916. The van der Waals surface area contributed by atoms with E-state index in [1.165, 1.54) is 10.7 Å². The van der Waals surface area contributed by atoms with E-state index in [0.29, 0.717) is 6.61 Å². The molecule has 2 rings (SSSR count). The van der Waals surface area contributed by atoms with Crippen LogP contribution in [0.4, 0.5) is 0 Å². The van der Waals surface area contributed by atoms with Crippen molar-refractivity contribution >= 4 is 5.97 Å². The zero-order valence-electron chi connectivity index (χ0n) is 11.2. The van der Waals surface area contributed by atoms with Crippen LogP contribution in [0.15, 0.2) is 24.3 Å². The second-order valence-electron chi connectivity index (χ2n) is 4.44. The van der Waals surface area contributed by atoms with Crippen LogP contribution in [0.3, 0.4) is 0 Å². The van der Waals surface area contributed by atoms with Crippen LogP contribution in [0.1, 0.15) is 27.3 Å². The van der Waals surface area contributed by atoms with Gasteiger partial charge in [-0.1, -0.05) is 12.1 Å². The van der Waals surface area contributed by atoms with Gasteiger partial charge in [0, 0.05) is 7.05 Å². The van der Waals surface area contributed by atoms with Gasteiger partial charge in [-0.05, 0) is 37.1 Å². The number of aromatic carboxylic acids is 1. The number of carbonyl (C=O) groups is 1. The number of rotatable bonds is 4. The highest BCUT2D eigenvalue weighted by atomic mass is 16.5. The third-order valence-corrected chi connectivity index (χ3v) is 3.13. The molecule has 100 valence electrons. The molecule has 0 bridgehead atoms. The predicted octanol–water partition coefficient (Wildman–Crippen LogP) is 2.31. The van der Waals surface area contributed by atoms with E-state index in [1.54, 1.807) is 7.05 Å². The maximum atomic E-state index is 10.8. The number of carboxylic acids is 1. The first-order valence-corrected chi connectivity index (χ1v) is 5.94. The van der Waals surface area contributed by atoms with Gasteiger partial charge in [0.2, 0.25) is 0 Å².